The van der Waals surface area contributed by atoms with Crippen LogP contribution in [0.25, 0.3) is 11.3 Å². The van der Waals surface area contributed by atoms with E-state index in [9.17, 15) is 18.7 Å². The summed E-state index contributed by atoms with van der Waals surface area (Å²) in [4.78, 5) is 18.9. The number of aromatic nitrogens is 2. The van der Waals surface area contributed by atoms with Crippen molar-refractivity contribution in [2.45, 2.75) is 33.0 Å². The van der Waals surface area contributed by atoms with E-state index in [4.69, 9.17) is 16.6 Å². The zero-order chi connectivity index (χ0) is 23.0. The summed E-state index contributed by atoms with van der Waals surface area (Å²) in [7, 11) is 0. The number of imidazole rings is 1. The summed E-state index contributed by atoms with van der Waals surface area (Å²) < 4.78 is 29.4. The fraction of sp³-hybridized carbons (Fsp3) is 0.304. The normalized spacial score (nSPS) is 14.0. The average molecular weight is 495 g/mol. The molecule has 1 aromatic heterocycles. The molecule has 0 saturated carbocycles. The number of carbonyl (C=O) groups is 1. The highest BCUT2D eigenvalue weighted by Crippen LogP contribution is 2.34. The molecule has 1 amide bonds. The summed E-state index contributed by atoms with van der Waals surface area (Å²) in [5, 5.41) is 13.4. The molecular weight excluding hydrogens is 470 g/mol. The number of anilines is 2. The van der Waals surface area contributed by atoms with Crippen molar-refractivity contribution in [3.63, 3.8) is 0 Å². The van der Waals surface area contributed by atoms with Crippen LogP contribution in [0.4, 0.5) is 20.3 Å². The van der Waals surface area contributed by atoms with Crippen LogP contribution in [0.1, 0.15) is 19.7 Å². The molecule has 2 N–H and O–H groups in total. The Morgan fingerprint density at radius 3 is 2.48 bits per heavy atom. The van der Waals surface area contributed by atoms with E-state index < -0.39 is 11.9 Å². The van der Waals surface area contributed by atoms with Gasteiger partial charge in [-0.15, -0.1) is 0 Å². The second-order valence-corrected chi connectivity index (χ2v) is 8.49. The minimum atomic E-state index is -1.08. The number of fused-ring (bicyclic) bond motifs is 1. The Morgan fingerprint density at radius 2 is 1.85 bits per heavy atom. The second kappa shape index (κ2) is 10.1. The minimum Gasteiger partial charge on any atom is -0.383 e. The molecule has 0 unspecified atom stereocenters. The number of hydrogen-bond acceptors (Lipinski definition) is 4. The molecule has 1 aliphatic rings. The Hall–Kier alpha value is -2.62. The van der Waals surface area contributed by atoms with Crippen molar-refractivity contribution < 1.29 is 18.7 Å². The maximum Gasteiger partial charge on any atom is 0.252 e. The number of aliphatic hydroxyl groups is 1. The van der Waals surface area contributed by atoms with Crippen molar-refractivity contribution in [3.8, 4) is 11.3 Å². The van der Waals surface area contributed by atoms with Gasteiger partial charge in [0.25, 0.3) is 5.91 Å². The van der Waals surface area contributed by atoms with Crippen LogP contribution < -0.4 is 5.32 Å². The summed E-state index contributed by atoms with van der Waals surface area (Å²) in [6.07, 6.45) is -1.08. The van der Waals surface area contributed by atoms with Gasteiger partial charge in [-0.2, -0.15) is 13.5 Å². The van der Waals surface area contributed by atoms with Crippen LogP contribution in [0.15, 0.2) is 42.5 Å². The van der Waals surface area contributed by atoms with Crippen LogP contribution >= 0.6 is 25.1 Å². The highest BCUT2D eigenvalue weighted by molar-refractivity contribution is 7.59. The predicted molar refractivity (Wildman–Crippen MR) is 129 cm³/mol. The number of benzene rings is 2. The summed E-state index contributed by atoms with van der Waals surface area (Å²) >= 11 is 5.80. The van der Waals surface area contributed by atoms with E-state index in [1.807, 2.05) is 4.57 Å². The number of carbonyl (C=O) groups excluding carboxylic acids is 1. The van der Waals surface area contributed by atoms with Gasteiger partial charge in [0.15, 0.2) is 0 Å². The molecule has 0 fully saturated rings. The maximum atomic E-state index is 14.0. The van der Waals surface area contributed by atoms with Gasteiger partial charge < -0.3 is 19.9 Å². The van der Waals surface area contributed by atoms with Crippen LogP contribution in [0.3, 0.4) is 0 Å². The Labute approximate surface area is 202 Å². The molecule has 176 valence electrons. The van der Waals surface area contributed by atoms with Gasteiger partial charge in [0, 0.05) is 24.3 Å². The van der Waals surface area contributed by atoms with E-state index in [1.165, 1.54) is 24.3 Å². The molecule has 0 aliphatic carbocycles. The number of amides is 1. The van der Waals surface area contributed by atoms with Crippen molar-refractivity contribution >= 4 is 42.5 Å². The Bertz CT molecular complexity index is 1150. The molecule has 2 heterocycles. The molecule has 3 aromatic rings. The van der Waals surface area contributed by atoms with Gasteiger partial charge in [-0.3, -0.25) is 4.79 Å². The van der Waals surface area contributed by atoms with Crippen LogP contribution in [0, 0.1) is 17.6 Å². The lowest BCUT2D eigenvalue weighted by Gasteiger charge is -2.31. The molecular formula is C23H25ClF2N4O2S. The monoisotopic (exact) mass is 494 g/mol. The van der Waals surface area contributed by atoms with Crippen molar-refractivity contribution in [1.82, 2.24) is 14.5 Å². The van der Waals surface area contributed by atoms with Crippen molar-refractivity contribution in [2.24, 2.45) is 5.92 Å². The zero-order valence-corrected chi connectivity index (χ0v) is 19.9. The first-order chi connectivity index (χ1) is 15.2. The van der Waals surface area contributed by atoms with Gasteiger partial charge in [0.2, 0.25) is 0 Å². The van der Waals surface area contributed by atoms with Gasteiger partial charge in [-0.25, -0.2) is 13.8 Å². The number of halogens is 3. The Balaban J connectivity index is 0.00000306. The zero-order valence-electron chi connectivity index (χ0n) is 18.1. The molecule has 10 heteroatoms. The van der Waals surface area contributed by atoms with E-state index in [1.54, 1.807) is 36.9 Å². The van der Waals surface area contributed by atoms with Crippen molar-refractivity contribution in [1.29, 1.82) is 0 Å². The summed E-state index contributed by atoms with van der Waals surface area (Å²) in [6, 6.07) is 10.3. The number of hydrogen-bond donors (Lipinski definition) is 2. The fourth-order valence-corrected chi connectivity index (χ4v) is 3.76. The second-order valence-electron chi connectivity index (χ2n) is 8.09. The molecule has 2 aromatic carbocycles. The van der Waals surface area contributed by atoms with Crippen LogP contribution in [-0.2, 0) is 17.9 Å². The van der Waals surface area contributed by atoms with Gasteiger partial charge in [0.1, 0.15) is 35.1 Å². The third-order valence-electron chi connectivity index (χ3n) is 5.47. The van der Waals surface area contributed by atoms with Crippen LogP contribution in [0.2, 0.25) is 5.02 Å². The van der Waals surface area contributed by atoms with Crippen LogP contribution in [0.5, 0.6) is 0 Å². The van der Waals surface area contributed by atoms with Gasteiger partial charge >= 0.3 is 0 Å². The number of rotatable bonds is 5. The SMILES string of the molecule is CC(C)[C@H](O)C(=O)N1CCn2c(nc(-c3ccc(F)cc3)c2Nc2ccc(Cl)c(F)c2)C1.S. The summed E-state index contributed by atoms with van der Waals surface area (Å²) in [6.45, 7) is 4.60. The number of aliphatic hydroxyl groups excluding tert-OH is 1. The van der Waals surface area contributed by atoms with E-state index in [-0.39, 0.29) is 42.7 Å². The summed E-state index contributed by atoms with van der Waals surface area (Å²) in [5.41, 5.74) is 1.70. The summed E-state index contributed by atoms with van der Waals surface area (Å²) in [5.74, 6) is -0.256. The lowest BCUT2D eigenvalue weighted by Crippen LogP contribution is -2.45. The van der Waals surface area contributed by atoms with Crippen molar-refractivity contribution in [2.75, 3.05) is 11.9 Å². The lowest BCUT2D eigenvalue weighted by molar-refractivity contribution is -0.144. The lowest BCUT2D eigenvalue weighted by atomic mass is 10.1. The molecule has 33 heavy (non-hydrogen) atoms. The first-order valence-corrected chi connectivity index (χ1v) is 10.7. The predicted octanol–water partition coefficient (Wildman–Crippen LogP) is 4.70. The molecule has 1 aliphatic heterocycles. The minimum absolute atomic E-state index is 0. The number of nitrogens with zero attached hydrogens (tertiary/aromatic N) is 3. The smallest absolute Gasteiger partial charge is 0.252 e. The maximum absolute atomic E-state index is 14.0. The third-order valence-corrected chi connectivity index (χ3v) is 5.78. The third kappa shape index (κ3) is 5.15. The molecule has 0 saturated heterocycles. The van der Waals surface area contributed by atoms with E-state index in [0.29, 0.717) is 41.7 Å². The quantitative estimate of drug-likeness (QED) is 0.539. The standard InChI is InChI=1S/C23H23ClF2N4O2.H2S/c1-13(2)21(31)23(32)29-9-10-30-19(12-29)28-20(14-3-5-15(25)6-4-14)22(30)27-16-7-8-17(24)18(26)11-16;/h3-8,11,13,21,27,31H,9-10,12H2,1-2H3;1H2/t21-;/m0./s1. The first-order valence-electron chi connectivity index (χ1n) is 10.3. The molecule has 6 nitrogen and oxygen atoms in total. The topological polar surface area (TPSA) is 70.4 Å². The fourth-order valence-electron chi connectivity index (χ4n) is 3.64. The molecule has 1 atom stereocenters. The van der Waals surface area contributed by atoms with Gasteiger partial charge in [-0.1, -0.05) is 25.4 Å². The Morgan fingerprint density at radius 1 is 1.15 bits per heavy atom. The molecule has 0 radical (unpaired) electrons. The molecule has 0 spiro atoms. The van der Waals surface area contributed by atoms with Gasteiger partial charge in [-0.05, 0) is 48.4 Å². The van der Waals surface area contributed by atoms with E-state index in [0.717, 1.165) is 0 Å². The highest BCUT2D eigenvalue weighted by Gasteiger charge is 2.31. The first kappa shape index (κ1) is 25.0. The largest absolute Gasteiger partial charge is 0.383 e. The Kier molecular flexibility index (Phi) is 7.66. The number of nitrogens with one attached hydrogen (secondary N) is 1. The van der Waals surface area contributed by atoms with Gasteiger partial charge in [0.05, 0.1) is 11.6 Å². The molecule has 0 bridgehead atoms. The average Bonchev–Trinajstić information content (AvgIpc) is 3.13. The van der Waals surface area contributed by atoms with Crippen molar-refractivity contribution in [3.05, 3.63) is 64.9 Å². The van der Waals surface area contributed by atoms with E-state index >= 15 is 0 Å². The molecule has 4 rings (SSSR count). The van der Waals surface area contributed by atoms with Crippen LogP contribution in [-0.4, -0.2) is 38.1 Å². The van der Waals surface area contributed by atoms with E-state index in [2.05, 4.69) is 5.32 Å². The highest BCUT2D eigenvalue weighted by atomic mass is 35.5.